The second-order valence-corrected chi connectivity index (χ2v) is 8.48. The molecule has 0 aromatic heterocycles. The zero-order chi connectivity index (χ0) is 23.4. The molecule has 174 valence electrons. The number of halogens is 2. The van der Waals surface area contributed by atoms with Gasteiger partial charge in [-0.05, 0) is 78.2 Å². The largest absolute Gasteiger partial charge is 0.444 e. The summed E-state index contributed by atoms with van der Waals surface area (Å²) in [7, 11) is 1.90. The molecule has 0 radical (unpaired) electrons. The van der Waals surface area contributed by atoms with Crippen LogP contribution in [0.4, 0.5) is 13.6 Å². The van der Waals surface area contributed by atoms with Gasteiger partial charge < -0.3 is 20.7 Å². The zero-order valence-electron chi connectivity index (χ0n) is 19.9. The minimum absolute atomic E-state index is 0.0732. The third-order valence-electron chi connectivity index (χ3n) is 4.52. The molecule has 0 saturated carbocycles. The standard InChI is InChI=1S/C21H35F2N3O2.C2H6/c1-7-21(5,14-24-6)25-9-8-18(26-19(27)28-20(2,3)4)12-15-10-16(22)13-17(23)11-15;1-2/h10-11,13,18,24-25H,7-9,12,14H2,1-6H3,(H,26,27);1-2H3/t18-,21?;/m1./s1. The number of hydrogen-bond donors (Lipinski definition) is 3. The van der Waals surface area contributed by atoms with Crippen molar-refractivity contribution in [2.75, 3.05) is 20.1 Å². The number of carbonyl (C=O) groups is 1. The topological polar surface area (TPSA) is 62.4 Å². The molecule has 1 amide bonds. The summed E-state index contributed by atoms with van der Waals surface area (Å²) >= 11 is 0. The highest BCUT2D eigenvalue weighted by Crippen LogP contribution is 2.14. The van der Waals surface area contributed by atoms with Gasteiger partial charge in [0.1, 0.15) is 17.2 Å². The van der Waals surface area contributed by atoms with Crippen molar-refractivity contribution >= 4 is 6.09 Å². The summed E-state index contributed by atoms with van der Waals surface area (Å²) in [6, 6.07) is 3.10. The highest BCUT2D eigenvalue weighted by atomic mass is 19.1. The van der Waals surface area contributed by atoms with Crippen LogP contribution in [0.1, 0.15) is 66.9 Å². The third kappa shape index (κ3) is 12.1. The lowest BCUT2D eigenvalue weighted by molar-refractivity contribution is 0.0501. The molecule has 2 atom stereocenters. The molecule has 7 heteroatoms. The van der Waals surface area contributed by atoms with E-state index in [4.69, 9.17) is 4.74 Å². The van der Waals surface area contributed by atoms with Gasteiger partial charge in [0, 0.05) is 24.2 Å². The predicted molar refractivity (Wildman–Crippen MR) is 120 cm³/mol. The van der Waals surface area contributed by atoms with Gasteiger partial charge in [0.2, 0.25) is 0 Å². The number of hydrogen-bond acceptors (Lipinski definition) is 4. The Bertz CT molecular complexity index is 615. The molecule has 5 nitrogen and oxygen atoms in total. The van der Waals surface area contributed by atoms with Crippen LogP contribution in [0.5, 0.6) is 0 Å². The van der Waals surface area contributed by atoms with E-state index in [-0.39, 0.29) is 11.6 Å². The lowest BCUT2D eigenvalue weighted by atomic mass is 9.97. The third-order valence-corrected chi connectivity index (χ3v) is 4.52. The van der Waals surface area contributed by atoms with E-state index in [0.29, 0.717) is 24.9 Å². The molecule has 0 aliphatic carbocycles. The molecule has 0 saturated heterocycles. The summed E-state index contributed by atoms with van der Waals surface area (Å²) in [4.78, 5) is 12.2. The zero-order valence-corrected chi connectivity index (χ0v) is 19.9. The van der Waals surface area contributed by atoms with Crippen molar-refractivity contribution in [3.8, 4) is 0 Å². The summed E-state index contributed by atoms with van der Waals surface area (Å²) in [5.41, 5.74) is -0.200. The van der Waals surface area contributed by atoms with E-state index in [1.165, 1.54) is 12.1 Å². The van der Waals surface area contributed by atoms with Crippen LogP contribution in [0.25, 0.3) is 0 Å². The second kappa shape index (κ2) is 13.5. The van der Waals surface area contributed by atoms with E-state index in [9.17, 15) is 13.6 Å². The number of nitrogens with one attached hydrogen (secondary N) is 3. The summed E-state index contributed by atoms with van der Waals surface area (Å²) in [6.07, 6.45) is 1.30. The molecule has 1 rings (SSSR count). The molecule has 0 heterocycles. The average Bonchev–Trinajstić information content (AvgIpc) is 2.61. The van der Waals surface area contributed by atoms with Crippen LogP contribution in [-0.4, -0.2) is 43.4 Å². The van der Waals surface area contributed by atoms with Gasteiger partial charge in [0.05, 0.1) is 0 Å². The minimum Gasteiger partial charge on any atom is -0.444 e. The van der Waals surface area contributed by atoms with Crippen LogP contribution in [-0.2, 0) is 11.2 Å². The van der Waals surface area contributed by atoms with Crippen molar-refractivity contribution < 1.29 is 18.3 Å². The maximum absolute atomic E-state index is 13.5. The van der Waals surface area contributed by atoms with Gasteiger partial charge in [-0.1, -0.05) is 20.8 Å². The van der Waals surface area contributed by atoms with Gasteiger partial charge in [0.25, 0.3) is 0 Å². The van der Waals surface area contributed by atoms with Crippen molar-refractivity contribution in [1.82, 2.24) is 16.0 Å². The quantitative estimate of drug-likeness (QED) is 0.500. The van der Waals surface area contributed by atoms with E-state index in [1.54, 1.807) is 20.8 Å². The maximum Gasteiger partial charge on any atom is 0.407 e. The lowest BCUT2D eigenvalue weighted by Crippen LogP contribution is -2.50. The van der Waals surface area contributed by atoms with Gasteiger partial charge in [0.15, 0.2) is 0 Å². The average molecular weight is 430 g/mol. The van der Waals surface area contributed by atoms with Crippen LogP contribution >= 0.6 is 0 Å². The number of rotatable bonds is 10. The van der Waals surface area contributed by atoms with E-state index in [2.05, 4.69) is 29.8 Å². The fourth-order valence-corrected chi connectivity index (χ4v) is 2.96. The van der Waals surface area contributed by atoms with Crippen molar-refractivity contribution in [1.29, 1.82) is 0 Å². The van der Waals surface area contributed by atoms with Crippen molar-refractivity contribution in [2.45, 2.75) is 84.9 Å². The number of likely N-dealkylation sites (N-methyl/N-ethyl adjacent to an activating group) is 1. The fourth-order valence-electron chi connectivity index (χ4n) is 2.96. The highest BCUT2D eigenvalue weighted by molar-refractivity contribution is 5.68. The molecular weight excluding hydrogens is 388 g/mol. The smallest absolute Gasteiger partial charge is 0.407 e. The van der Waals surface area contributed by atoms with Crippen molar-refractivity contribution in [2.24, 2.45) is 0 Å². The Labute approximate surface area is 181 Å². The number of amides is 1. The summed E-state index contributed by atoms with van der Waals surface area (Å²) in [6.45, 7) is 15.0. The van der Waals surface area contributed by atoms with Crippen LogP contribution in [0.15, 0.2) is 18.2 Å². The molecule has 0 bridgehead atoms. The lowest BCUT2D eigenvalue weighted by Gasteiger charge is -2.31. The first-order valence-corrected chi connectivity index (χ1v) is 10.8. The predicted octanol–water partition coefficient (Wildman–Crippen LogP) is 4.79. The first kappa shape index (κ1) is 28.3. The molecule has 0 fully saturated rings. The Hall–Kier alpha value is -1.73. The Kier molecular flexibility index (Phi) is 12.8. The first-order valence-electron chi connectivity index (χ1n) is 10.8. The number of alkyl carbamates (subject to hydrolysis) is 1. The Morgan fingerprint density at radius 3 is 2.13 bits per heavy atom. The Balaban J connectivity index is 0.00000407. The van der Waals surface area contributed by atoms with E-state index >= 15 is 0 Å². The molecule has 3 N–H and O–H groups in total. The maximum atomic E-state index is 13.5. The molecular formula is C23H41F2N3O2. The van der Waals surface area contributed by atoms with Crippen LogP contribution in [0.3, 0.4) is 0 Å². The number of ether oxygens (including phenoxy) is 1. The van der Waals surface area contributed by atoms with Gasteiger partial charge in [-0.2, -0.15) is 0 Å². The molecule has 1 aromatic rings. The Morgan fingerprint density at radius 1 is 1.10 bits per heavy atom. The van der Waals surface area contributed by atoms with E-state index in [1.807, 2.05) is 20.9 Å². The van der Waals surface area contributed by atoms with Crippen LogP contribution in [0, 0.1) is 11.6 Å². The highest BCUT2D eigenvalue weighted by Gasteiger charge is 2.23. The Morgan fingerprint density at radius 2 is 1.67 bits per heavy atom. The summed E-state index contributed by atoms with van der Waals surface area (Å²) < 4.78 is 32.4. The molecule has 30 heavy (non-hydrogen) atoms. The first-order chi connectivity index (χ1) is 14.0. The van der Waals surface area contributed by atoms with Crippen molar-refractivity contribution in [3.05, 3.63) is 35.4 Å². The molecule has 0 aliphatic heterocycles. The summed E-state index contributed by atoms with van der Waals surface area (Å²) in [5.74, 6) is -1.26. The van der Waals surface area contributed by atoms with Crippen LogP contribution in [0.2, 0.25) is 0 Å². The van der Waals surface area contributed by atoms with Gasteiger partial charge in [-0.3, -0.25) is 0 Å². The second-order valence-electron chi connectivity index (χ2n) is 8.48. The normalized spacial score (nSPS) is 14.2. The number of carbonyl (C=O) groups excluding carboxylic acids is 1. The fraction of sp³-hybridized carbons (Fsp3) is 0.696. The van der Waals surface area contributed by atoms with Crippen molar-refractivity contribution in [3.63, 3.8) is 0 Å². The monoisotopic (exact) mass is 429 g/mol. The molecule has 0 spiro atoms. The number of benzene rings is 1. The van der Waals surface area contributed by atoms with E-state index < -0.39 is 23.3 Å². The molecule has 0 aliphatic rings. The summed E-state index contributed by atoms with van der Waals surface area (Å²) in [5, 5.41) is 9.51. The molecule has 1 aromatic carbocycles. The SMILES string of the molecule is CC.CCC(C)(CNC)NCC[C@H](Cc1cc(F)cc(F)c1)NC(=O)OC(C)(C)C. The minimum atomic E-state index is -0.628. The molecule has 1 unspecified atom stereocenters. The van der Waals surface area contributed by atoms with Crippen LogP contribution < -0.4 is 16.0 Å². The van der Waals surface area contributed by atoms with Gasteiger partial charge in [-0.15, -0.1) is 0 Å². The van der Waals surface area contributed by atoms with Gasteiger partial charge in [-0.25, -0.2) is 13.6 Å². The van der Waals surface area contributed by atoms with Gasteiger partial charge >= 0.3 is 6.09 Å². The van der Waals surface area contributed by atoms with E-state index in [0.717, 1.165) is 19.0 Å².